The van der Waals surface area contributed by atoms with E-state index >= 15 is 0 Å². The molecule has 1 aliphatic rings. The molecule has 120 valence electrons. The first-order valence-corrected chi connectivity index (χ1v) is 7.72. The lowest BCUT2D eigenvalue weighted by molar-refractivity contribution is 0.464. The van der Waals surface area contributed by atoms with Crippen LogP contribution >= 0.6 is 12.4 Å². The van der Waals surface area contributed by atoms with E-state index in [-0.39, 0.29) is 18.2 Å². The zero-order chi connectivity index (χ0) is 14.7. The number of benzene rings is 1. The second-order valence-electron chi connectivity index (χ2n) is 5.89. The maximum Gasteiger partial charge on any atom is 0.123 e. The summed E-state index contributed by atoms with van der Waals surface area (Å²) in [6, 6.07) is 7.23. The van der Waals surface area contributed by atoms with Crippen LogP contribution < -0.4 is 5.32 Å². The molecule has 0 unspecified atom stereocenters. The number of halogens is 2. The molecule has 2 aromatic rings. The highest BCUT2D eigenvalue weighted by molar-refractivity contribution is 5.85. The van der Waals surface area contributed by atoms with Gasteiger partial charge in [-0.1, -0.05) is 25.0 Å². The second kappa shape index (κ2) is 7.75. The minimum atomic E-state index is -0.188. The molecule has 0 radical (unpaired) electrons. The zero-order valence-electron chi connectivity index (χ0n) is 12.9. The van der Waals surface area contributed by atoms with Gasteiger partial charge in [-0.05, 0) is 37.5 Å². The number of nitrogens with zero attached hydrogens (tertiary/aromatic N) is 2. The Labute approximate surface area is 137 Å². The molecule has 1 aromatic carbocycles. The van der Waals surface area contributed by atoms with Crippen molar-refractivity contribution in [1.29, 1.82) is 0 Å². The van der Waals surface area contributed by atoms with Gasteiger partial charge in [0.2, 0.25) is 0 Å². The molecule has 5 heteroatoms. The third-order valence-electron chi connectivity index (χ3n) is 4.27. The van der Waals surface area contributed by atoms with Gasteiger partial charge in [0.15, 0.2) is 0 Å². The summed E-state index contributed by atoms with van der Waals surface area (Å²) in [6.45, 7) is 3.62. The van der Waals surface area contributed by atoms with Crippen molar-refractivity contribution >= 4 is 12.4 Å². The molecule has 22 heavy (non-hydrogen) atoms. The van der Waals surface area contributed by atoms with Crippen LogP contribution in [0.3, 0.4) is 0 Å². The van der Waals surface area contributed by atoms with Crippen molar-refractivity contribution in [2.75, 3.05) is 0 Å². The normalized spacial score (nSPS) is 15.0. The van der Waals surface area contributed by atoms with E-state index in [4.69, 9.17) is 0 Å². The Morgan fingerprint density at radius 2 is 1.86 bits per heavy atom. The Morgan fingerprint density at radius 1 is 1.18 bits per heavy atom. The Morgan fingerprint density at radius 3 is 2.55 bits per heavy atom. The Hall–Kier alpha value is -1.39. The van der Waals surface area contributed by atoms with Crippen LogP contribution in [0.1, 0.15) is 48.5 Å². The number of hydrogen-bond donors (Lipinski definition) is 1. The summed E-state index contributed by atoms with van der Waals surface area (Å²) in [6.07, 6.45) is 7.33. The van der Waals surface area contributed by atoms with Gasteiger partial charge < -0.3 is 5.32 Å². The minimum absolute atomic E-state index is 0. The molecule has 0 spiro atoms. The standard InChI is InChI=1S/C17H22FN3.ClH/c1-13-15(12-21(20-13)17-4-2-3-5-17)11-19-10-14-6-8-16(18)9-7-14;/h6-9,12,17,19H,2-5,10-11H2,1H3;1H. The summed E-state index contributed by atoms with van der Waals surface area (Å²) in [4.78, 5) is 0. The molecular weight excluding hydrogens is 301 g/mol. The van der Waals surface area contributed by atoms with Gasteiger partial charge in [0.05, 0.1) is 11.7 Å². The van der Waals surface area contributed by atoms with E-state index in [9.17, 15) is 4.39 Å². The van der Waals surface area contributed by atoms with Gasteiger partial charge in [-0.3, -0.25) is 4.68 Å². The summed E-state index contributed by atoms with van der Waals surface area (Å²) in [5, 5.41) is 8.06. The fraction of sp³-hybridized carbons (Fsp3) is 0.471. The van der Waals surface area contributed by atoms with Gasteiger partial charge in [-0.15, -0.1) is 12.4 Å². The van der Waals surface area contributed by atoms with Crippen molar-refractivity contribution in [3.05, 3.63) is 53.1 Å². The van der Waals surface area contributed by atoms with Crippen LogP contribution in [0, 0.1) is 12.7 Å². The van der Waals surface area contributed by atoms with Crippen LogP contribution in [0.25, 0.3) is 0 Å². The first-order valence-electron chi connectivity index (χ1n) is 7.72. The molecule has 1 fully saturated rings. The molecule has 0 atom stereocenters. The summed E-state index contributed by atoms with van der Waals surface area (Å²) in [7, 11) is 0. The molecule has 0 amide bonds. The maximum absolute atomic E-state index is 12.8. The van der Waals surface area contributed by atoms with Crippen LogP contribution in [0.15, 0.2) is 30.5 Å². The van der Waals surface area contributed by atoms with Gasteiger partial charge in [0.25, 0.3) is 0 Å². The highest BCUT2D eigenvalue weighted by atomic mass is 35.5. The highest BCUT2D eigenvalue weighted by Crippen LogP contribution is 2.29. The molecule has 1 heterocycles. The van der Waals surface area contributed by atoms with Crippen molar-refractivity contribution in [2.45, 2.75) is 51.7 Å². The van der Waals surface area contributed by atoms with E-state index in [0.717, 1.165) is 24.3 Å². The first-order chi connectivity index (χ1) is 10.2. The number of hydrogen-bond acceptors (Lipinski definition) is 2. The molecule has 1 aromatic heterocycles. The smallest absolute Gasteiger partial charge is 0.123 e. The molecule has 1 N–H and O–H groups in total. The van der Waals surface area contributed by atoms with Gasteiger partial charge in [0.1, 0.15) is 5.82 Å². The molecule has 1 saturated carbocycles. The molecule has 0 bridgehead atoms. The van der Waals surface area contributed by atoms with Gasteiger partial charge in [-0.2, -0.15) is 5.10 Å². The summed E-state index contributed by atoms with van der Waals surface area (Å²) < 4.78 is 15.0. The lowest BCUT2D eigenvalue weighted by atomic mass is 10.2. The average molecular weight is 324 g/mol. The van der Waals surface area contributed by atoms with E-state index in [1.807, 2.05) is 12.1 Å². The third kappa shape index (κ3) is 4.08. The zero-order valence-corrected chi connectivity index (χ0v) is 13.7. The van der Waals surface area contributed by atoms with Crippen molar-refractivity contribution in [1.82, 2.24) is 15.1 Å². The second-order valence-corrected chi connectivity index (χ2v) is 5.89. The lowest BCUT2D eigenvalue weighted by Gasteiger charge is -2.08. The van der Waals surface area contributed by atoms with Crippen molar-refractivity contribution in [3.8, 4) is 0 Å². The fourth-order valence-corrected chi connectivity index (χ4v) is 2.99. The third-order valence-corrected chi connectivity index (χ3v) is 4.27. The van der Waals surface area contributed by atoms with Crippen LogP contribution in [0.2, 0.25) is 0 Å². The van der Waals surface area contributed by atoms with E-state index in [1.165, 1.54) is 43.4 Å². The Bertz CT molecular complexity index is 588. The van der Waals surface area contributed by atoms with Gasteiger partial charge in [0, 0.05) is 24.8 Å². The van der Waals surface area contributed by atoms with E-state index < -0.39 is 0 Å². The van der Waals surface area contributed by atoms with E-state index in [1.54, 1.807) is 0 Å². The first kappa shape index (κ1) is 17.0. The quantitative estimate of drug-likeness (QED) is 0.895. The molecule has 0 saturated heterocycles. The Kier molecular flexibility index (Phi) is 5.98. The van der Waals surface area contributed by atoms with Gasteiger partial charge in [-0.25, -0.2) is 4.39 Å². The van der Waals surface area contributed by atoms with Crippen LogP contribution in [-0.2, 0) is 13.1 Å². The number of aryl methyl sites for hydroxylation is 1. The fourth-order valence-electron chi connectivity index (χ4n) is 2.99. The summed E-state index contributed by atoms with van der Waals surface area (Å²) in [5.41, 5.74) is 3.45. The molecule has 0 aliphatic heterocycles. The van der Waals surface area contributed by atoms with Crippen molar-refractivity contribution < 1.29 is 4.39 Å². The van der Waals surface area contributed by atoms with E-state index in [0.29, 0.717) is 6.04 Å². The van der Waals surface area contributed by atoms with Crippen LogP contribution in [0.5, 0.6) is 0 Å². The van der Waals surface area contributed by atoms with Gasteiger partial charge >= 0.3 is 0 Å². The van der Waals surface area contributed by atoms with Crippen LogP contribution in [0.4, 0.5) is 4.39 Å². The molecular formula is C17H23ClFN3. The molecule has 3 nitrogen and oxygen atoms in total. The maximum atomic E-state index is 12.8. The lowest BCUT2D eigenvalue weighted by Crippen LogP contribution is -2.13. The largest absolute Gasteiger partial charge is 0.308 e. The van der Waals surface area contributed by atoms with E-state index in [2.05, 4.69) is 28.2 Å². The number of nitrogens with one attached hydrogen (secondary N) is 1. The Balaban J connectivity index is 0.00000176. The summed E-state index contributed by atoms with van der Waals surface area (Å²) >= 11 is 0. The molecule has 1 aliphatic carbocycles. The summed E-state index contributed by atoms with van der Waals surface area (Å²) in [5.74, 6) is -0.188. The van der Waals surface area contributed by atoms with Crippen molar-refractivity contribution in [3.63, 3.8) is 0 Å². The van der Waals surface area contributed by atoms with Crippen LogP contribution in [-0.4, -0.2) is 9.78 Å². The average Bonchev–Trinajstić information content (AvgIpc) is 3.11. The molecule has 3 rings (SSSR count). The topological polar surface area (TPSA) is 29.9 Å². The van der Waals surface area contributed by atoms with Crippen molar-refractivity contribution in [2.24, 2.45) is 0 Å². The predicted octanol–water partition coefficient (Wildman–Crippen LogP) is 4.16. The highest BCUT2D eigenvalue weighted by Gasteiger charge is 2.18. The monoisotopic (exact) mass is 323 g/mol. The predicted molar refractivity (Wildman–Crippen MR) is 88.7 cm³/mol. The number of aromatic nitrogens is 2. The minimum Gasteiger partial charge on any atom is -0.308 e. The SMILES string of the molecule is Cc1nn(C2CCCC2)cc1CNCc1ccc(F)cc1.Cl. The number of rotatable bonds is 5.